The van der Waals surface area contributed by atoms with E-state index in [2.05, 4.69) is 27.0 Å². The number of rotatable bonds is 1. The van der Waals surface area contributed by atoms with E-state index in [0.29, 0.717) is 0 Å². The van der Waals surface area contributed by atoms with Gasteiger partial charge in [0.15, 0.2) is 0 Å². The molecule has 0 saturated heterocycles. The third-order valence-electron chi connectivity index (χ3n) is 1.54. The standard InChI is InChI=1S/C8H5BrClNS/c9-4-5-1-2-7-6(11-5)3-8(10)12-7/h1-3H,4H2. The summed E-state index contributed by atoms with van der Waals surface area (Å²) in [5.41, 5.74) is 2.03. The first-order valence-corrected chi connectivity index (χ1v) is 5.72. The van der Waals surface area contributed by atoms with E-state index in [1.807, 2.05) is 12.1 Å². The van der Waals surface area contributed by atoms with Crippen molar-refractivity contribution in [3.05, 3.63) is 28.2 Å². The van der Waals surface area contributed by atoms with E-state index in [-0.39, 0.29) is 0 Å². The van der Waals surface area contributed by atoms with Gasteiger partial charge in [0.2, 0.25) is 0 Å². The molecule has 2 heterocycles. The maximum absolute atomic E-state index is 5.85. The van der Waals surface area contributed by atoms with Crippen molar-refractivity contribution in [2.24, 2.45) is 0 Å². The van der Waals surface area contributed by atoms with Gasteiger partial charge in [0.1, 0.15) is 0 Å². The molecule has 12 heavy (non-hydrogen) atoms. The van der Waals surface area contributed by atoms with Crippen molar-refractivity contribution in [3.8, 4) is 0 Å². The molecule has 0 bridgehead atoms. The summed E-state index contributed by atoms with van der Waals surface area (Å²) in [5, 5.41) is 0.788. The molecule has 62 valence electrons. The number of alkyl halides is 1. The fourth-order valence-electron chi connectivity index (χ4n) is 1.01. The Morgan fingerprint density at radius 2 is 2.33 bits per heavy atom. The van der Waals surface area contributed by atoms with Crippen molar-refractivity contribution in [3.63, 3.8) is 0 Å². The van der Waals surface area contributed by atoms with Crippen LogP contribution in [0.3, 0.4) is 0 Å². The van der Waals surface area contributed by atoms with E-state index in [9.17, 15) is 0 Å². The van der Waals surface area contributed by atoms with Crippen molar-refractivity contribution >= 4 is 49.1 Å². The summed E-state index contributed by atoms with van der Waals surface area (Å²) in [4.78, 5) is 4.39. The fraction of sp³-hybridized carbons (Fsp3) is 0.125. The SMILES string of the molecule is Clc1cc2nc(CBr)ccc2s1. The maximum Gasteiger partial charge on any atom is 0.0956 e. The Labute approximate surface area is 87.5 Å². The van der Waals surface area contributed by atoms with Gasteiger partial charge in [0.25, 0.3) is 0 Å². The molecule has 0 aromatic carbocycles. The van der Waals surface area contributed by atoms with E-state index in [0.717, 1.165) is 25.6 Å². The molecule has 4 heteroatoms. The second-order valence-electron chi connectivity index (χ2n) is 2.37. The first-order valence-electron chi connectivity index (χ1n) is 3.40. The number of hydrogen-bond acceptors (Lipinski definition) is 2. The number of nitrogens with zero attached hydrogens (tertiary/aromatic N) is 1. The van der Waals surface area contributed by atoms with Crippen molar-refractivity contribution in [2.45, 2.75) is 5.33 Å². The zero-order chi connectivity index (χ0) is 8.55. The maximum atomic E-state index is 5.85. The highest BCUT2D eigenvalue weighted by molar-refractivity contribution is 9.08. The Kier molecular flexibility index (Phi) is 2.35. The first-order chi connectivity index (χ1) is 5.79. The summed E-state index contributed by atoms with van der Waals surface area (Å²) >= 11 is 10.8. The van der Waals surface area contributed by atoms with Crippen LogP contribution in [0.1, 0.15) is 5.69 Å². The molecule has 0 unspecified atom stereocenters. The minimum absolute atomic E-state index is 0.788. The van der Waals surface area contributed by atoms with Crippen LogP contribution in [-0.2, 0) is 5.33 Å². The molecule has 0 aliphatic rings. The van der Waals surface area contributed by atoms with Crippen LogP contribution in [0, 0.1) is 0 Å². The summed E-state index contributed by atoms with van der Waals surface area (Å²) in [7, 11) is 0. The summed E-state index contributed by atoms with van der Waals surface area (Å²) in [6.07, 6.45) is 0. The average Bonchev–Trinajstić information content (AvgIpc) is 2.43. The second kappa shape index (κ2) is 3.32. The molecular formula is C8H5BrClNS. The number of thiophene rings is 1. The molecule has 0 atom stereocenters. The molecule has 0 spiro atoms. The molecule has 1 nitrogen and oxygen atoms in total. The molecule has 2 aromatic heterocycles. The largest absolute Gasteiger partial charge is 0.251 e. The molecule has 0 fully saturated rings. The first kappa shape index (κ1) is 8.48. The summed E-state index contributed by atoms with van der Waals surface area (Å²) in [5.74, 6) is 0. The highest BCUT2D eigenvalue weighted by Crippen LogP contribution is 2.28. The van der Waals surface area contributed by atoms with Crippen molar-refractivity contribution in [2.75, 3.05) is 0 Å². The number of aromatic nitrogens is 1. The minimum atomic E-state index is 0.788. The highest BCUT2D eigenvalue weighted by atomic mass is 79.9. The van der Waals surface area contributed by atoms with Gasteiger partial charge in [-0.25, -0.2) is 0 Å². The Morgan fingerprint density at radius 1 is 1.50 bits per heavy atom. The van der Waals surface area contributed by atoms with E-state index >= 15 is 0 Å². The topological polar surface area (TPSA) is 12.9 Å². The lowest BCUT2D eigenvalue weighted by molar-refractivity contribution is 1.24. The minimum Gasteiger partial charge on any atom is -0.251 e. The monoisotopic (exact) mass is 261 g/mol. The number of halogens is 2. The third-order valence-corrected chi connectivity index (χ3v) is 3.33. The zero-order valence-corrected chi connectivity index (χ0v) is 9.21. The van der Waals surface area contributed by atoms with Crippen LogP contribution in [-0.4, -0.2) is 4.98 Å². The zero-order valence-electron chi connectivity index (χ0n) is 6.05. The predicted molar refractivity (Wildman–Crippen MR) is 57.3 cm³/mol. The van der Waals surface area contributed by atoms with Crippen LogP contribution in [0.15, 0.2) is 18.2 Å². The molecule has 0 N–H and O–H groups in total. The molecule has 2 aromatic rings. The molecule has 0 aliphatic heterocycles. The Morgan fingerprint density at radius 3 is 3.08 bits per heavy atom. The van der Waals surface area contributed by atoms with E-state index in [4.69, 9.17) is 11.6 Å². The number of fused-ring (bicyclic) bond motifs is 1. The van der Waals surface area contributed by atoms with Crippen LogP contribution >= 0.6 is 38.9 Å². The molecule has 0 aliphatic carbocycles. The Bertz CT molecular complexity index is 412. The summed E-state index contributed by atoms with van der Waals surface area (Å²) < 4.78 is 1.94. The third kappa shape index (κ3) is 1.49. The van der Waals surface area contributed by atoms with Gasteiger partial charge in [-0.05, 0) is 18.2 Å². The van der Waals surface area contributed by atoms with Gasteiger partial charge < -0.3 is 0 Å². The summed E-state index contributed by atoms with van der Waals surface area (Å²) in [6.45, 7) is 0. The quantitative estimate of drug-likeness (QED) is 0.712. The highest BCUT2D eigenvalue weighted by Gasteiger charge is 2.01. The van der Waals surface area contributed by atoms with Gasteiger partial charge in [-0.1, -0.05) is 27.5 Å². The lowest BCUT2D eigenvalue weighted by atomic mass is 10.3. The van der Waals surface area contributed by atoms with E-state index in [1.54, 1.807) is 11.3 Å². The lowest BCUT2D eigenvalue weighted by Crippen LogP contribution is -1.81. The van der Waals surface area contributed by atoms with E-state index in [1.165, 1.54) is 0 Å². The smallest absolute Gasteiger partial charge is 0.0956 e. The number of hydrogen-bond donors (Lipinski definition) is 0. The predicted octanol–water partition coefficient (Wildman–Crippen LogP) is 3.84. The van der Waals surface area contributed by atoms with Crippen LogP contribution in [0.2, 0.25) is 4.34 Å². The Hall–Kier alpha value is -0.120. The van der Waals surface area contributed by atoms with Crippen molar-refractivity contribution in [1.82, 2.24) is 4.98 Å². The van der Waals surface area contributed by atoms with Crippen molar-refractivity contribution in [1.29, 1.82) is 0 Å². The van der Waals surface area contributed by atoms with Gasteiger partial charge in [-0.3, -0.25) is 4.98 Å². The van der Waals surface area contributed by atoms with Crippen LogP contribution in [0.5, 0.6) is 0 Å². The Balaban J connectivity index is 2.66. The van der Waals surface area contributed by atoms with Crippen molar-refractivity contribution < 1.29 is 0 Å². The van der Waals surface area contributed by atoms with Crippen LogP contribution in [0.4, 0.5) is 0 Å². The number of pyridine rings is 1. The van der Waals surface area contributed by atoms with Gasteiger partial charge in [0.05, 0.1) is 20.2 Å². The molecular weight excluding hydrogens is 258 g/mol. The van der Waals surface area contributed by atoms with E-state index < -0.39 is 0 Å². The van der Waals surface area contributed by atoms with Gasteiger partial charge in [-0.15, -0.1) is 11.3 Å². The lowest BCUT2D eigenvalue weighted by Gasteiger charge is -1.92. The second-order valence-corrected chi connectivity index (χ2v) is 4.65. The van der Waals surface area contributed by atoms with Crippen LogP contribution < -0.4 is 0 Å². The van der Waals surface area contributed by atoms with Gasteiger partial charge >= 0.3 is 0 Å². The van der Waals surface area contributed by atoms with Gasteiger partial charge in [0, 0.05) is 5.33 Å². The van der Waals surface area contributed by atoms with Gasteiger partial charge in [-0.2, -0.15) is 0 Å². The normalized spacial score (nSPS) is 10.8. The fourth-order valence-corrected chi connectivity index (χ4v) is 2.40. The molecule has 2 rings (SSSR count). The molecule has 0 radical (unpaired) electrons. The summed E-state index contributed by atoms with van der Waals surface area (Å²) in [6, 6.07) is 5.95. The molecule has 0 amide bonds. The van der Waals surface area contributed by atoms with Crippen LogP contribution in [0.25, 0.3) is 10.2 Å². The average molecular weight is 263 g/mol. The molecule has 0 saturated carbocycles.